The van der Waals surface area contributed by atoms with Gasteiger partial charge in [-0.25, -0.2) is 4.98 Å². The first kappa shape index (κ1) is 13.9. The summed E-state index contributed by atoms with van der Waals surface area (Å²) in [5.41, 5.74) is 1.32. The summed E-state index contributed by atoms with van der Waals surface area (Å²) in [5.74, 6) is -0.161. The average Bonchev–Trinajstić information content (AvgIpc) is 3.19. The van der Waals surface area contributed by atoms with E-state index in [1.165, 1.54) is 11.3 Å². The lowest BCUT2D eigenvalue weighted by Gasteiger charge is -2.02. The van der Waals surface area contributed by atoms with E-state index in [2.05, 4.69) is 20.6 Å². The van der Waals surface area contributed by atoms with E-state index in [0.717, 1.165) is 15.6 Å². The molecule has 0 unspecified atom stereocenters. The summed E-state index contributed by atoms with van der Waals surface area (Å²) < 4.78 is 1.70. The summed E-state index contributed by atoms with van der Waals surface area (Å²) in [4.78, 5) is 17.5. The molecule has 0 aliphatic carbocycles. The third-order valence-corrected chi connectivity index (χ3v) is 4.63. The van der Waals surface area contributed by atoms with E-state index in [0.29, 0.717) is 18.8 Å². The Kier molecular flexibility index (Phi) is 4.07. The first-order valence-corrected chi connectivity index (χ1v) is 8.12. The van der Waals surface area contributed by atoms with Crippen LogP contribution < -0.4 is 5.32 Å². The second kappa shape index (κ2) is 6.15. The van der Waals surface area contributed by atoms with Crippen molar-refractivity contribution in [3.05, 3.63) is 40.5 Å². The molecule has 0 saturated carbocycles. The highest BCUT2D eigenvalue weighted by Gasteiger charge is 2.11. The van der Waals surface area contributed by atoms with Crippen LogP contribution in [0.15, 0.2) is 29.1 Å². The fourth-order valence-corrected chi connectivity index (χ4v) is 3.38. The molecule has 3 aromatic heterocycles. The Hall–Kier alpha value is -2.06. The minimum absolute atomic E-state index is 0.161. The number of nitrogens with zero attached hydrogens (tertiary/aromatic N) is 4. The Morgan fingerprint density at radius 2 is 2.33 bits per heavy atom. The number of carbonyl (C=O) groups excluding carboxylic acids is 1. The standard InChI is InChI=1S/C13H13N5OS2/c1-9-7-18(17-16-9)5-4-14-12(19)10-8-21-13(15-10)11-3-2-6-20-11/h2-3,6-8H,4-5H2,1H3,(H,14,19). The number of thiophene rings is 1. The predicted molar refractivity (Wildman–Crippen MR) is 82.5 cm³/mol. The molecule has 0 spiro atoms. The van der Waals surface area contributed by atoms with Crippen molar-refractivity contribution in [2.75, 3.05) is 6.54 Å². The van der Waals surface area contributed by atoms with Gasteiger partial charge in [0.15, 0.2) is 0 Å². The number of aromatic nitrogens is 4. The minimum Gasteiger partial charge on any atom is -0.349 e. The number of rotatable bonds is 5. The molecule has 0 saturated heterocycles. The van der Waals surface area contributed by atoms with Gasteiger partial charge in [-0.3, -0.25) is 9.48 Å². The Labute approximate surface area is 129 Å². The van der Waals surface area contributed by atoms with E-state index >= 15 is 0 Å². The maximum absolute atomic E-state index is 12.0. The van der Waals surface area contributed by atoms with Crippen molar-refractivity contribution in [1.82, 2.24) is 25.3 Å². The van der Waals surface area contributed by atoms with Crippen molar-refractivity contribution in [3.8, 4) is 9.88 Å². The SMILES string of the molecule is Cc1cn(CCNC(=O)c2csc(-c3cccs3)n2)nn1. The lowest BCUT2D eigenvalue weighted by Crippen LogP contribution is -2.27. The van der Waals surface area contributed by atoms with Gasteiger partial charge in [0, 0.05) is 18.1 Å². The lowest BCUT2D eigenvalue weighted by atomic mass is 10.4. The van der Waals surface area contributed by atoms with Crippen molar-refractivity contribution < 1.29 is 4.79 Å². The molecule has 0 aliphatic rings. The summed E-state index contributed by atoms with van der Waals surface area (Å²) in [6, 6.07) is 3.97. The van der Waals surface area contributed by atoms with Crippen molar-refractivity contribution >= 4 is 28.6 Å². The van der Waals surface area contributed by atoms with Crippen LogP contribution in [0.5, 0.6) is 0 Å². The molecule has 21 heavy (non-hydrogen) atoms. The molecule has 0 fully saturated rings. The number of hydrogen-bond donors (Lipinski definition) is 1. The summed E-state index contributed by atoms with van der Waals surface area (Å²) in [6.45, 7) is 2.96. The molecule has 0 aliphatic heterocycles. The zero-order valence-corrected chi connectivity index (χ0v) is 12.9. The van der Waals surface area contributed by atoms with E-state index in [4.69, 9.17) is 0 Å². The van der Waals surface area contributed by atoms with Gasteiger partial charge in [0.05, 0.1) is 17.1 Å². The molecule has 0 bridgehead atoms. The third-order valence-electron chi connectivity index (χ3n) is 2.75. The van der Waals surface area contributed by atoms with Crippen LogP contribution in [0.25, 0.3) is 9.88 Å². The molecule has 0 radical (unpaired) electrons. The highest BCUT2D eigenvalue weighted by molar-refractivity contribution is 7.20. The van der Waals surface area contributed by atoms with Crippen LogP contribution in [-0.2, 0) is 6.54 Å². The molecular weight excluding hydrogens is 306 g/mol. The normalized spacial score (nSPS) is 10.7. The fraction of sp³-hybridized carbons (Fsp3) is 0.231. The van der Waals surface area contributed by atoms with E-state index in [9.17, 15) is 4.79 Å². The molecule has 3 heterocycles. The molecule has 3 aromatic rings. The van der Waals surface area contributed by atoms with Crippen LogP contribution in [0.4, 0.5) is 0 Å². The zero-order valence-electron chi connectivity index (χ0n) is 11.3. The monoisotopic (exact) mass is 319 g/mol. The molecule has 1 N–H and O–H groups in total. The molecule has 108 valence electrons. The van der Waals surface area contributed by atoms with Gasteiger partial charge in [-0.1, -0.05) is 11.3 Å². The Morgan fingerprint density at radius 3 is 3.05 bits per heavy atom. The fourth-order valence-electron chi connectivity index (χ4n) is 1.77. The minimum atomic E-state index is -0.161. The second-order valence-corrected chi connectivity index (χ2v) is 6.20. The zero-order chi connectivity index (χ0) is 14.7. The molecule has 1 amide bonds. The van der Waals surface area contributed by atoms with E-state index in [1.54, 1.807) is 21.4 Å². The topological polar surface area (TPSA) is 72.7 Å². The van der Waals surface area contributed by atoms with Gasteiger partial charge in [0.25, 0.3) is 5.91 Å². The maximum Gasteiger partial charge on any atom is 0.270 e. The van der Waals surface area contributed by atoms with Crippen LogP contribution in [-0.4, -0.2) is 32.4 Å². The summed E-state index contributed by atoms with van der Waals surface area (Å²) in [6.07, 6.45) is 1.84. The molecule has 8 heteroatoms. The lowest BCUT2D eigenvalue weighted by molar-refractivity contribution is 0.0947. The predicted octanol–water partition coefficient (Wildman–Crippen LogP) is 2.20. The number of aryl methyl sites for hydroxylation is 1. The number of amides is 1. The molecule has 0 aromatic carbocycles. The summed E-state index contributed by atoms with van der Waals surface area (Å²) in [7, 11) is 0. The quantitative estimate of drug-likeness (QED) is 0.782. The maximum atomic E-state index is 12.0. The van der Waals surface area contributed by atoms with Gasteiger partial charge in [-0.15, -0.1) is 27.8 Å². The van der Waals surface area contributed by atoms with Crippen LogP contribution in [0.3, 0.4) is 0 Å². The number of hydrogen-bond acceptors (Lipinski definition) is 6. The van der Waals surface area contributed by atoms with Crippen LogP contribution >= 0.6 is 22.7 Å². The largest absolute Gasteiger partial charge is 0.349 e. The van der Waals surface area contributed by atoms with Crippen LogP contribution in [0.1, 0.15) is 16.2 Å². The second-order valence-electron chi connectivity index (χ2n) is 4.39. The van der Waals surface area contributed by atoms with E-state index < -0.39 is 0 Å². The first-order valence-electron chi connectivity index (χ1n) is 6.37. The molecule has 3 rings (SSSR count). The molecule has 6 nitrogen and oxygen atoms in total. The van der Waals surface area contributed by atoms with Gasteiger partial charge < -0.3 is 5.32 Å². The summed E-state index contributed by atoms with van der Waals surface area (Å²) in [5, 5.41) is 15.3. The van der Waals surface area contributed by atoms with Crippen LogP contribution in [0.2, 0.25) is 0 Å². The van der Waals surface area contributed by atoms with Gasteiger partial charge in [-0.2, -0.15) is 0 Å². The Balaban J connectivity index is 1.56. The van der Waals surface area contributed by atoms with E-state index in [-0.39, 0.29) is 5.91 Å². The molecular formula is C13H13N5OS2. The number of carbonyl (C=O) groups is 1. The smallest absolute Gasteiger partial charge is 0.270 e. The Bertz CT molecular complexity index is 731. The average molecular weight is 319 g/mol. The van der Waals surface area contributed by atoms with Gasteiger partial charge in [0.2, 0.25) is 0 Å². The van der Waals surface area contributed by atoms with Crippen molar-refractivity contribution in [2.24, 2.45) is 0 Å². The first-order chi connectivity index (χ1) is 10.2. The van der Waals surface area contributed by atoms with E-state index in [1.807, 2.05) is 30.6 Å². The highest BCUT2D eigenvalue weighted by atomic mass is 32.1. The molecule has 0 atom stereocenters. The Morgan fingerprint density at radius 1 is 1.43 bits per heavy atom. The summed E-state index contributed by atoms with van der Waals surface area (Å²) >= 11 is 3.10. The third kappa shape index (κ3) is 3.34. The van der Waals surface area contributed by atoms with Crippen LogP contribution in [0, 0.1) is 6.92 Å². The number of thiazole rings is 1. The van der Waals surface area contributed by atoms with Gasteiger partial charge >= 0.3 is 0 Å². The van der Waals surface area contributed by atoms with Crippen molar-refractivity contribution in [3.63, 3.8) is 0 Å². The van der Waals surface area contributed by atoms with Crippen molar-refractivity contribution in [2.45, 2.75) is 13.5 Å². The van der Waals surface area contributed by atoms with Crippen molar-refractivity contribution in [1.29, 1.82) is 0 Å². The highest BCUT2D eigenvalue weighted by Crippen LogP contribution is 2.27. The van der Waals surface area contributed by atoms with Gasteiger partial charge in [-0.05, 0) is 18.4 Å². The number of nitrogens with one attached hydrogen (secondary N) is 1. The van der Waals surface area contributed by atoms with Gasteiger partial charge in [0.1, 0.15) is 10.7 Å².